The van der Waals surface area contributed by atoms with Crippen LogP contribution < -0.4 is 20.1 Å². The molecular formula is C16H26N2O3. The van der Waals surface area contributed by atoms with Gasteiger partial charge in [-0.25, -0.2) is 0 Å². The highest BCUT2D eigenvalue weighted by Gasteiger charge is 2.11. The zero-order valence-electron chi connectivity index (χ0n) is 13.4. The predicted molar refractivity (Wildman–Crippen MR) is 83.9 cm³/mol. The number of hydrogen-bond acceptors (Lipinski definition) is 4. The van der Waals surface area contributed by atoms with E-state index in [1.807, 2.05) is 25.1 Å². The minimum atomic E-state index is -0.121. The van der Waals surface area contributed by atoms with Gasteiger partial charge in [0.2, 0.25) is 0 Å². The van der Waals surface area contributed by atoms with Crippen molar-refractivity contribution in [2.75, 3.05) is 26.8 Å². The summed E-state index contributed by atoms with van der Waals surface area (Å²) in [7, 11) is 1.60. The molecule has 0 saturated carbocycles. The van der Waals surface area contributed by atoms with Crippen LogP contribution in [0, 0.1) is 0 Å². The highest BCUT2D eigenvalue weighted by molar-refractivity contribution is 5.77. The molecule has 0 heterocycles. The number of carbonyl (C=O) groups is 1. The number of nitrogens with one attached hydrogen (secondary N) is 2. The normalized spacial score (nSPS) is 11.8. The first-order valence-corrected chi connectivity index (χ1v) is 7.43. The lowest BCUT2D eigenvalue weighted by molar-refractivity contribution is -0.123. The quantitative estimate of drug-likeness (QED) is 0.733. The summed E-state index contributed by atoms with van der Waals surface area (Å²) in [6.45, 7) is 7.74. The van der Waals surface area contributed by atoms with E-state index in [1.165, 1.54) is 0 Å². The molecule has 0 aliphatic heterocycles. The molecule has 0 radical (unpaired) electrons. The Morgan fingerprint density at radius 2 is 2.05 bits per heavy atom. The highest BCUT2D eigenvalue weighted by Crippen LogP contribution is 2.30. The zero-order chi connectivity index (χ0) is 15.7. The lowest BCUT2D eigenvalue weighted by atomic mass is 10.1. The second-order valence-corrected chi connectivity index (χ2v) is 4.83. The van der Waals surface area contributed by atoms with Crippen LogP contribution in [0.5, 0.6) is 11.5 Å². The highest BCUT2D eigenvalue weighted by atomic mass is 16.5. The van der Waals surface area contributed by atoms with Crippen molar-refractivity contribution in [3.8, 4) is 11.5 Å². The topological polar surface area (TPSA) is 59.6 Å². The van der Waals surface area contributed by atoms with Gasteiger partial charge in [0, 0.05) is 12.6 Å². The predicted octanol–water partition coefficient (Wildman–Crippen LogP) is 2.27. The van der Waals surface area contributed by atoms with Crippen molar-refractivity contribution >= 4 is 5.91 Å². The number of benzene rings is 1. The molecule has 0 aliphatic rings. The Hall–Kier alpha value is -1.75. The third-order valence-corrected chi connectivity index (χ3v) is 3.13. The van der Waals surface area contributed by atoms with Gasteiger partial charge in [-0.05, 0) is 37.6 Å². The minimum absolute atomic E-state index is 0.00152. The summed E-state index contributed by atoms with van der Waals surface area (Å²) in [5.74, 6) is 1.10. The smallest absolute Gasteiger partial charge is 0.257 e. The third-order valence-electron chi connectivity index (χ3n) is 3.13. The van der Waals surface area contributed by atoms with Crippen LogP contribution >= 0.6 is 0 Å². The Kier molecular flexibility index (Phi) is 7.61. The second kappa shape index (κ2) is 9.23. The van der Waals surface area contributed by atoms with Crippen LogP contribution in [0.3, 0.4) is 0 Å². The molecule has 1 atom stereocenters. The molecule has 0 aliphatic carbocycles. The number of ether oxygens (including phenoxy) is 2. The van der Waals surface area contributed by atoms with Crippen LogP contribution in [0.25, 0.3) is 0 Å². The number of carbonyl (C=O) groups excluding carboxylic acids is 1. The first kappa shape index (κ1) is 17.3. The first-order chi connectivity index (χ1) is 10.1. The SMILES string of the molecule is CCCNC(=O)COc1ccc(C(C)NCC)cc1OC. The van der Waals surface area contributed by atoms with Gasteiger partial charge in [0.1, 0.15) is 0 Å². The summed E-state index contributed by atoms with van der Waals surface area (Å²) < 4.78 is 10.9. The maximum atomic E-state index is 11.5. The molecular weight excluding hydrogens is 268 g/mol. The zero-order valence-corrected chi connectivity index (χ0v) is 13.4. The van der Waals surface area contributed by atoms with E-state index in [-0.39, 0.29) is 18.6 Å². The Morgan fingerprint density at radius 1 is 1.29 bits per heavy atom. The Labute approximate surface area is 127 Å². The van der Waals surface area contributed by atoms with Gasteiger partial charge in [0.05, 0.1) is 7.11 Å². The van der Waals surface area contributed by atoms with Gasteiger partial charge in [-0.1, -0.05) is 19.9 Å². The molecule has 0 saturated heterocycles. The molecule has 118 valence electrons. The molecule has 1 rings (SSSR count). The van der Waals surface area contributed by atoms with Crippen LogP contribution in [0.15, 0.2) is 18.2 Å². The van der Waals surface area contributed by atoms with Crippen LogP contribution in [0.4, 0.5) is 0 Å². The maximum Gasteiger partial charge on any atom is 0.257 e. The lowest BCUT2D eigenvalue weighted by Crippen LogP contribution is -2.29. The van der Waals surface area contributed by atoms with Gasteiger partial charge in [0.15, 0.2) is 18.1 Å². The lowest BCUT2D eigenvalue weighted by Gasteiger charge is -2.16. The van der Waals surface area contributed by atoms with Crippen molar-refractivity contribution in [2.24, 2.45) is 0 Å². The summed E-state index contributed by atoms with van der Waals surface area (Å²) >= 11 is 0. The minimum Gasteiger partial charge on any atom is -0.493 e. The van der Waals surface area contributed by atoms with E-state index in [9.17, 15) is 4.79 Å². The molecule has 2 N–H and O–H groups in total. The van der Waals surface area contributed by atoms with Gasteiger partial charge in [-0.15, -0.1) is 0 Å². The van der Waals surface area contributed by atoms with Gasteiger partial charge in [-0.2, -0.15) is 0 Å². The molecule has 1 aromatic carbocycles. The number of methoxy groups -OCH3 is 1. The van der Waals surface area contributed by atoms with E-state index >= 15 is 0 Å². The van der Waals surface area contributed by atoms with E-state index in [0.29, 0.717) is 18.0 Å². The van der Waals surface area contributed by atoms with Crippen molar-refractivity contribution in [1.82, 2.24) is 10.6 Å². The van der Waals surface area contributed by atoms with Gasteiger partial charge < -0.3 is 20.1 Å². The van der Waals surface area contributed by atoms with E-state index in [0.717, 1.165) is 18.5 Å². The van der Waals surface area contributed by atoms with E-state index in [4.69, 9.17) is 9.47 Å². The molecule has 1 aromatic rings. The number of rotatable bonds is 9. The molecule has 0 fully saturated rings. The summed E-state index contributed by atoms with van der Waals surface area (Å²) in [5, 5.41) is 6.12. The van der Waals surface area contributed by atoms with E-state index in [2.05, 4.69) is 24.5 Å². The summed E-state index contributed by atoms with van der Waals surface area (Å²) in [5.41, 5.74) is 1.12. The molecule has 21 heavy (non-hydrogen) atoms. The van der Waals surface area contributed by atoms with Crippen molar-refractivity contribution < 1.29 is 14.3 Å². The van der Waals surface area contributed by atoms with Crippen molar-refractivity contribution in [1.29, 1.82) is 0 Å². The standard InChI is InChI=1S/C16H26N2O3/c1-5-9-18-16(19)11-21-14-8-7-13(10-15(14)20-4)12(3)17-6-2/h7-8,10,12,17H,5-6,9,11H2,1-4H3,(H,18,19). The molecule has 1 unspecified atom stereocenters. The third kappa shape index (κ3) is 5.63. The Balaban J connectivity index is 2.68. The summed E-state index contributed by atoms with van der Waals surface area (Å²) in [6, 6.07) is 6.00. The Bertz CT molecular complexity index is 449. The monoisotopic (exact) mass is 294 g/mol. The second-order valence-electron chi connectivity index (χ2n) is 4.83. The van der Waals surface area contributed by atoms with Gasteiger partial charge in [0.25, 0.3) is 5.91 Å². The molecule has 5 nitrogen and oxygen atoms in total. The fourth-order valence-electron chi connectivity index (χ4n) is 1.96. The fourth-order valence-corrected chi connectivity index (χ4v) is 1.96. The summed E-state index contributed by atoms with van der Waals surface area (Å²) in [4.78, 5) is 11.5. The first-order valence-electron chi connectivity index (χ1n) is 7.43. The molecule has 0 bridgehead atoms. The average molecular weight is 294 g/mol. The van der Waals surface area contributed by atoms with Crippen LogP contribution in [-0.2, 0) is 4.79 Å². The summed E-state index contributed by atoms with van der Waals surface area (Å²) in [6.07, 6.45) is 0.909. The van der Waals surface area contributed by atoms with E-state index < -0.39 is 0 Å². The maximum absolute atomic E-state index is 11.5. The molecule has 0 aromatic heterocycles. The number of hydrogen-bond donors (Lipinski definition) is 2. The van der Waals surface area contributed by atoms with Crippen molar-refractivity contribution in [3.05, 3.63) is 23.8 Å². The number of amides is 1. The largest absolute Gasteiger partial charge is 0.493 e. The van der Waals surface area contributed by atoms with E-state index in [1.54, 1.807) is 7.11 Å². The average Bonchev–Trinajstić information content (AvgIpc) is 2.50. The van der Waals surface area contributed by atoms with Crippen LogP contribution in [0.1, 0.15) is 38.8 Å². The molecule has 1 amide bonds. The van der Waals surface area contributed by atoms with Crippen LogP contribution in [0.2, 0.25) is 0 Å². The van der Waals surface area contributed by atoms with Gasteiger partial charge >= 0.3 is 0 Å². The van der Waals surface area contributed by atoms with Crippen molar-refractivity contribution in [3.63, 3.8) is 0 Å². The van der Waals surface area contributed by atoms with Gasteiger partial charge in [-0.3, -0.25) is 4.79 Å². The Morgan fingerprint density at radius 3 is 2.67 bits per heavy atom. The van der Waals surface area contributed by atoms with Crippen molar-refractivity contribution in [2.45, 2.75) is 33.2 Å². The molecule has 5 heteroatoms. The van der Waals surface area contributed by atoms with Crippen LogP contribution in [-0.4, -0.2) is 32.7 Å². The fraction of sp³-hybridized carbons (Fsp3) is 0.562. The molecule has 0 spiro atoms.